The summed E-state index contributed by atoms with van der Waals surface area (Å²) in [7, 11) is -3.91. The fourth-order valence-corrected chi connectivity index (χ4v) is 5.58. The number of hydrogen-bond acceptors (Lipinski definition) is 6. The zero-order chi connectivity index (χ0) is 20.6. The SMILES string of the molecule is CCC.O=C(NO)C1(S(=O)(=O)N2CCN(c3ccccc3)CC2)CCOCC1. The van der Waals surface area contributed by atoms with E-state index in [0.29, 0.717) is 26.2 Å². The van der Waals surface area contributed by atoms with Crippen LogP contribution < -0.4 is 10.4 Å². The maximum atomic E-state index is 13.2. The number of nitrogens with zero attached hydrogens (tertiary/aromatic N) is 2. The molecule has 0 saturated carbocycles. The highest BCUT2D eigenvalue weighted by Crippen LogP contribution is 2.33. The minimum absolute atomic E-state index is 0.0423. The number of sulfonamides is 1. The maximum absolute atomic E-state index is 13.2. The van der Waals surface area contributed by atoms with Gasteiger partial charge < -0.3 is 9.64 Å². The third-order valence-corrected chi connectivity index (χ3v) is 7.64. The van der Waals surface area contributed by atoms with Crippen LogP contribution in [0.3, 0.4) is 0 Å². The van der Waals surface area contributed by atoms with Crippen LogP contribution in [0.25, 0.3) is 0 Å². The van der Waals surface area contributed by atoms with E-state index in [4.69, 9.17) is 9.94 Å². The lowest BCUT2D eigenvalue weighted by molar-refractivity contribution is -0.134. The maximum Gasteiger partial charge on any atom is 0.266 e. The third kappa shape index (κ3) is 4.65. The average molecular weight is 414 g/mol. The number of carbonyl (C=O) groups excluding carboxylic acids is 1. The van der Waals surface area contributed by atoms with E-state index in [1.165, 1.54) is 10.7 Å². The Morgan fingerprint density at radius 3 is 2.14 bits per heavy atom. The Hall–Kier alpha value is -1.68. The third-order valence-electron chi connectivity index (χ3n) is 5.01. The van der Waals surface area contributed by atoms with E-state index in [1.54, 1.807) is 5.48 Å². The van der Waals surface area contributed by atoms with Crippen molar-refractivity contribution in [2.24, 2.45) is 0 Å². The van der Waals surface area contributed by atoms with Gasteiger partial charge in [0.1, 0.15) is 0 Å². The van der Waals surface area contributed by atoms with Crippen LogP contribution in [0.5, 0.6) is 0 Å². The van der Waals surface area contributed by atoms with Gasteiger partial charge >= 0.3 is 0 Å². The van der Waals surface area contributed by atoms with Gasteiger partial charge in [-0.25, -0.2) is 13.9 Å². The quantitative estimate of drug-likeness (QED) is 0.575. The van der Waals surface area contributed by atoms with Gasteiger partial charge in [0.15, 0.2) is 4.75 Å². The molecule has 158 valence electrons. The van der Waals surface area contributed by atoms with Gasteiger partial charge in [0.2, 0.25) is 10.0 Å². The van der Waals surface area contributed by atoms with Gasteiger partial charge in [-0.3, -0.25) is 10.0 Å². The fourth-order valence-electron chi connectivity index (χ4n) is 3.48. The molecule has 2 N–H and O–H groups in total. The largest absolute Gasteiger partial charge is 0.381 e. The monoisotopic (exact) mass is 413 g/mol. The molecule has 3 rings (SSSR count). The van der Waals surface area contributed by atoms with Crippen LogP contribution in [0.4, 0.5) is 5.69 Å². The molecular formula is C19H31N3O5S. The lowest BCUT2D eigenvalue weighted by Crippen LogP contribution is -2.62. The average Bonchev–Trinajstić information content (AvgIpc) is 2.75. The number of hydrogen-bond donors (Lipinski definition) is 2. The summed E-state index contributed by atoms with van der Waals surface area (Å²) in [5, 5.41) is 9.07. The molecule has 9 heteroatoms. The molecule has 2 heterocycles. The Morgan fingerprint density at radius 2 is 1.64 bits per heavy atom. The molecule has 1 aromatic rings. The predicted octanol–water partition coefficient (Wildman–Crippen LogP) is 1.61. The molecule has 8 nitrogen and oxygen atoms in total. The van der Waals surface area contributed by atoms with Crippen molar-refractivity contribution in [1.29, 1.82) is 0 Å². The standard InChI is InChI=1S/C16H23N3O5S.C3H8/c20-15(17-21)16(6-12-24-13-7-16)25(22,23)19-10-8-18(9-11-19)14-4-2-1-3-5-14;1-3-2/h1-5,21H,6-13H2,(H,17,20);3H2,1-2H3. The Bertz CT molecular complexity index is 712. The van der Waals surface area contributed by atoms with Crippen LogP contribution in [0.1, 0.15) is 33.1 Å². The van der Waals surface area contributed by atoms with Crippen molar-refractivity contribution in [1.82, 2.24) is 9.79 Å². The minimum Gasteiger partial charge on any atom is -0.381 e. The number of ether oxygens (including phenoxy) is 1. The summed E-state index contributed by atoms with van der Waals surface area (Å²) in [4.78, 5) is 14.4. The predicted molar refractivity (Wildman–Crippen MR) is 108 cm³/mol. The summed E-state index contributed by atoms with van der Waals surface area (Å²) in [6, 6.07) is 9.81. The number of hydroxylamine groups is 1. The first-order valence-electron chi connectivity index (χ1n) is 9.75. The zero-order valence-corrected chi connectivity index (χ0v) is 17.5. The number of benzene rings is 1. The van der Waals surface area contributed by atoms with Gasteiger partial charge in [-0.05, 0) is 12.1 Å². The van der Waals surface area contributed by atoms with Crippen molar-refractivity contribution >= 4 is 21.6 Å². The summed E-state index contributed by atoms with van der Waals surface area (Å²) in [5.74, 6) is -0.874. The lowest BCUT2D eigenvalue weighted by Gasteiger charge is -2.41. The van der Waals surface area contributed by atoms with Gasteiger partial charge in [-0.15, -0.1) is 0 Å². The van der Waals surface area contributed by atoms with Gasteiger partial charge in [-0.2, -0.15) is 4.31 Å². The van der Waals surface area contributed by atoms with Crippen LogP contribution in [-0.2, 0) is 19.6 Å². The molecule has 1 amide bonds. The Kier molecular flexibility index (Phi) is 8.23. The first-order valence-corrected chi connectivity index (χ1v) is 11.2. The smallest absolute Gasteiger partial charge is 0.266 e. The zero-order valence-electron chi connectivity index (χ0n) is 16.6. The molecule has 0 aliphatic carbocycles. The summed E-state index contributed by atoms with van der Waals surface area (Å²) in [6.45, 7) is 6.32. The number of anilines is 1. The van der Waals surface area contributed by atoms with Crippen molar-refractivity contribution < 1.29 is 23.2 Å². The fraction of sp³-hybridized carbons (Fsp3) is 0.632. The molecule has 0 radical (unpaired) electrons. The van der Waals surface area contributed by atoms with Gasteiger partial charge in [-0.1, -0.05) is 38.5 Å². The molecule has 0 atom stereocenters. The number of para-hydroxylation sites is 1. The second-order valence-electron chi connectivity index (χ2n) is 6.98. The van der Waals surface area contributed by atoms with E-state index in [1.807, 2.05) is 30.3 Å². The molecule has 0 aromatic heterocycles. The van der Waals surface area contributed by atoms with E-state index in [-0.39, 0.29) is 26.1 Å². The van der Waals surface area contributed by atoms with Gasteiger partial charge in [0.05, 0.1) is 0 Å². The molecule has 2 aliphatic heterocycles. The summed E-state index contributed by atoms with van der Waals surface area (Å²) in [5.41, 5.74) is 2.59. The highest BCUT2D eigenvalue weighted by Gasteiger charge is 2.54. The molecule has 2 saturated heterocycles. The van der Waals surface area contributed by atoms with Crippen molar-refractivity contribution in [3.63, 3.8) is 0 Å². The van der Waals surface area contributed by atoms with Crippen LogP contribution in [0.2, 0.25) is 0 Å². The van der Waals surface area contributed by atoms with E-state index >= 15 is 0 Å². The molecule has 0 unspecified atom stereocenters. The van der Waals surface area contributed by atoms with Crippen molar-refractivity contribution in [2.45, 2.75) is 37.9 Å². The van der Waals surface area contributed by atoms with Crippen LogP contribution in [-0.4, -0.2) is 68.0 Å². The van der Waals surface area contributed by atoms with E-state index in [2.05, 4.69) is 18.7 Å². The first-order chi connectivity index (χ1) is 13.4. The van der Waals surface area contributed by atoms with Crippen molar-refractivity contribution in [3.05, 3.63) is 30.3 Å². The van der Waals surface area contributed by atoms with Crippen molar-refractivity contribution in [2.75, 3.05) is 44.3 Å². The summed E-state index contributed by atoms with van der Waals surface area (Å²) >= 11 is 0. The molecule has 2 aliphatic rings. The number of rotatable bonds is 4. The highest BCUT2D eigenvalue weighted by atomic mass is 32.2. The second kappa shape index (κ2) is 10.2. The Morgan fingerprint density at radius 1 is 1.11 bits per heavy atom. The molecule has 0 spiro atoms. The molecule has 0 bridgehead atoms. The van der Waals surface area contributed by atoms with Crippen LogP contribution >= 0.6 is 0 Å². The minimum atomic E-state index is -3.91. The van der Waals surface area contributed by atoms with Crippen LogP contribution in [0.15, 0.2) is 30.3 Å². The lowest BCUT2D eigenvalue weighted by atomic mass is 9.98. The molecule has 28 heavy (non-hydrogen) atoms. The number of piperazine rings is 1. The topological polar surface area (TPSA) is 99.2 Å². The molecular weight excluding hydrogens is 382 g/mol. The van der Waals surface area contributed by atoms with E-state index in [0.717, 1.165) is 5.69 Å². The normalized spacial score (nSPS) is 20.0. The van der Waals surface area contributed by atoms with Crippen molar-refractivity contribution in [3.8, 4) is 0 Å². The number of nitrogens with one attached hydrogen (secondary N) is 1. The summed E-state index contributed by atoms with van der Waals surface area (Å²) < 4.78 is 31.3. The van der Waals surface area contributed by atoms with Gasteiger partial charge in [0, 0.05) is 57.9 Å². The van der Waals surface area contributed by atoms with E-state index < -0.39 is 20.7 Å². The highest BCUT2D eigenvalue weighted by molar-refractivity contribution is 7.91. The first kappa shape index (κ1) is 22.6. The van der Waals surface area contributed by atoms with Gasteiger partial charge in [0.25, 0.3) is 5.91 Å². The summed E-state index contributed by atoms with van der Waals surface area (Å²) in [6.07, 6.45) is 1.33. The second-order valence-corrected chi connectivity index (χ2v) is 9.23. The molecule has 1 aromatic carbocycles. The van der Waals surface area contributed by atoms with E-state index in [9.17, 15) is 13.2 Å². The Balaban J connectivity index is 0.000000878. The Labute approximate surface area is 167 Å². The van der Waals surface area contributed by atoms with Crippen LogP contribution in [0, 0.1) is 0 Å². The molecule has 2 fully saturated rings. The number of amides is 1. The number of carbonyl (C=O) groups is 1.